The van der Waals surface area contributed by atoms with Crippen LogP contribution < -0.4 is 5.32 Å². The molecule has 1 aromatic heterocycles. The summed E-state index contributed by atoms with van der Waals surface area (Å²) in [6.45, 7) is 0. The summed E-state index contributed by atoms with van der Waals surface area (Å²) < 4.78 is 5.32. The van der Waals surface area contributed by atoms with Gasteiger partial charge < -0.3 is 10.1 Å². The highest BCUT2D eigenvalue weighted by molar-refractivity contribution is 5.92. The van der Waals surface area contributed by atoms with Gasteiger partial charge in [-0.3, -0.25) is 4.79 Å². The molecule has 0 saturated heterocycles. The van der Waals surface area contributed by atoms with Gasteiger partial charge in [0, 0.05) is 13.3 Å². The van der Waals surface area contributed by atoms with Crippen LogP contribution in [-0.4, -0.2) is 30.1 Å². The zero-order chi connectivity index (χ0) is 13.0. The highest BCUT2D eigenvalue weighted by Gasteiger charge is 2.28. The summed E-state index contributed by atoms with van der Waals surface area (Å²) in [7, 11) is 1.66. The molecular formula is C13H15N3O2. The molecule has 1 aromatic rings. The first kappa shape index (κ1) is 12.5. The zero-order valence-corrected chi connectivity index (χ0v) is 10.2. The number of nitrogens with zero attached hydrogens (tertiary/aromatic N) is 2. The first-order chi connectivity index (χ1) is 8.74. The minimum atomic E-state index is -0.214. The summed E-state index contributed by atoms with van der Waals surface area (Å²) in [4.78, 5) is 15.9. The Balaban J connectivity index is 2.01. The van der Waals surface area contributed by atoms with Gasteiger partial charge in [-0.2, -0.15) is 5.26 Å². The van der Waals surface area contributed by atoms with Gasteiger partial charge in [0.2, 0.25) is 0 Å². The van der Waals surface area contributed by atoms with Gasteiger partial charge in [0.25, 0.3) is 5.91 Å². The summed E-state index contributed by atoms with van der Waals surface area (Å²) >= 11 is 0. The van der Waals surface area contributed by atoms with E-state index in [1.807, 2.05) is 6.07 Å². The van der Waals surface area contributed by atoms with Gasteiger partial charge in [-0.05, 0) is 31.4 Å². The maximum Gasteiger partial charge on any atom is 0.270 e. The molecule has 1 saturated carbocycles. The number of nitrogens with one attached hydrogen (secondary N) is 1. The van der Waals surface area contributed by atoms with Crippen LogP contribution in [0.1, 0.15) is 35.3 Å². The molecule has 0 spiro atoms. The van der Waals surface area contributed by atoms with Gasteiger partial charge in [0.15, 0.2) is 0 Å². The summed E-state index contributed by atoms with van der Waals surface area (Å²) in [5, 5.41) is 11.6. The first-order valence-electron chi connectivity index (χ1n) is 5.94. The van der Waals surface area contributed by atoms with E-state index in [-0.39, 0.29) is 18.1 Å². The quantitative estimate of drug-likeness (QED) is 0.869. The normalized spacial score (nSPS) is 22.4. The predicted molar refractivity (Wildman–Crippen MR) is 64.9 cm³/mol. The van der Waals surface area contributed by atoms with Crippen molar-refractivity contribution in [1.82, 2.24) is 10.3 Å². The molecule has 1 amide bonds. The number of methoxy groups -OCH3 is 1. The molecule has 1 N–H and O–H groups in total. The van der Waals surface area contributed by atoms with Crippen LogP contribution in [-0.2, 0) is 4.74 Å². The molecule has 5 heteroatoms. The van der Waals surface area contributed by atoms with Crippen molar-refractivity contribution in [2.45, 2.75) is 31.4 Å². The number of ether oxygens (including phenoxy) is 1. The van der Waals surface area contributed by atoms with E-state index in [2.05, 4.69) is 10.3 Å². The highest BCUT2D eigenvalue weighted by atomic mass is 16.5. The van der Waals surface area contributed by atoms with E-state index in [1.54, 1.807) is 19.2 Å². The first-order valence-corrected chi connectivity index (χ1v) is 5.94. The van der Waals surface area contributed by atoms with Crippen molar-refractivity contribution in [3.05, 3.63) is 29.6 Å². The third kappa shape index (κ3) is 2.66. The number of nitriles is 1. The van der Waals surface area contributed by atoms with Crippen molar-refractivity contribution in [2.24, 2.45) is 0 Å². The van der Waals surface area contributed by atoms with Gasteiger partial charge >= 0.3 is 0 Å². The maximum atomic E-state index is 11.9. The van der Waals surface area contributed by atoms with Gasteiger partial charge in [0.1, 0.15) is 11.8 Å². The van der Waals surface area contributed by atoms with Crippen LogP contribution in [0.4, 0.5) is 0 Å². The second-order valence-electron chi connectivity index (χ2n) is 4.33. The van der Waals surface area contributed by atoms with Crippen LogP contribution in [0.5, 0.6) is 0 Å². The monoisotopic (exact) mass is 245 g/mol. The summed E-state index contributed by atoms with van der Waals surface area (Å²) in [5.74, 6) is -0.214. The van der Waals surface area contributed by atoms with Gasteiger partial charge in [-0.1, -0.05) is 0 Å². The van der Waals surface area contributed by atoms with E-state index >= 15 is 0 Å². The highest BCUT2D eigenvalue weighted by Crippen LogP contribution is 2.21. The lowest BCUT2D eigenvalue weighted by Gasteiger charge is -2.19. The average molecular weight is 245 g/mol. The number of rotatable bonds is 3. The molecule has 0 bridgehead atoms. The van der Waals surface area contributed by atoms with E-state index in [9.17, 15) is 4.79 Å². The Hall–Kier alpha value is -1.93. The van der Waals surface area contributed by atoms with Crippen molar-refractivity contribution in [3.8, 4) is 6.07 Å². The average Bonchev–Trinajstić information content (AvgIpc) is 2.86. The van der Waals surface area contributed by atoms with Crippen molar-refractivity contribution >= 4 is 5.91 Å². The van der Waals surface area contributed by atoms with E-state index in [1.165, 1.54) is 6.20 Å². The molecule has 5 nitrogen and oxygen atoms in total. The van der Waals surface area contributed by atoms with Crippen LogP contribution in [0.25, 0.3) is 0 Å². The van der Waals surface area contributed by atoms with Gasteiger partial charge in [0.05, 0.1) is 17.7 Å². The predicted octanol–water partition coefficient (Wildman–Crippen LogP) is 1.25. The van der Waals surface area contributed by atoms with E-state index in [0.29, 0.717) is 11.3 Å². The molecule has 2 atom stereocenters. The number of hydrogen-bond donors (Lipinski definition) is 1. The largest absolute Gasteiger partial charge is 0.379 e. The molecule has 1 aliphatic carbocycles. The SMILES string of the molecule is COC1CCCC1NC(=O)c1ccc(C#N)cn1. The van der Waals surface area contributed by atoms with Gasteiger partial charge in [-0.25, -0.2) is 4.98 Å². The van der Waals surface area contributed by atoms with Gasteiger partial charge in [-0.15, -0.1) is 0 Å². The second-order valence-corrected chi connectivity index (χ2v) is 4.33. The standard InChI is InChI=1S/C13H15N3O2/c1-18-12-4-2-3-10(12)16-13(17)11-6-5-9(7-14)8-15-11/h5-6,8,10,12H,2-4H2,1H3,(H,16,17). The summed E-state index contributed by atoms with van der Waals surface area (Å²) in [6, 6.07) is 5.17. The Morgan fingerprint density at radius 1 is 1.56 bits per heavy atom. The minimum absolute atomic E-state index is 0.0555. The molecule has 2 rings (SSSR count). The van der Waals surface area contributed by atoms with Crippen molar-refractivity contribution < 1.29 is 9.53 Å². The summed E-state index contributed by atoms with van der Waals surface area (Å²) in [5.41, 5.74) is 0.776. The summed E-state index contributed by atoms with van der Waals surface area (Å²) in [6.07, 6.45) is 4.46. The van der Waals surface area contributed by atoms with Crippen LogP contribution in [0.2, 0.25) is 0 Å². The number of hydrogen-bond acceptors (Lipinski definition) is 4. The minimum Gasteiger partial charge on any atom is -0.379 e. The fourth-order valence-corrected chi connectivity index (χ4v) is 2.21. The molecule has 94 valence electrons. The lowest BCUT2D eigenvalue weighted by Crippen LogP contribution is -2.41. The fourth-order valence-electron chi connectivity index (χ4n) is 2.21. The molecule has 18 heavy (non-hydrogen) atoms. The Morgan fingerprint density at radius 2 is 2.39 bits per heavy atom. The maximum absolute atomic E-state index is 11.9. The molecule has 0 radical (unpaired) electrons. The van der Waals surface area contributed by atoms with E-state index in [0.717, 1.165) is 19.3 Å². The molecule has 1 aliphatic rings. The number of amides is 1. The molecular weight excluding hydrogens is 230 g/mol. The van der Waals surface area contributed by atoms with Crippen LogP contribution in [0.3, 0.4) is 0 Å². The number of carbonyl (C=O) groups is 1. The van der Waals surface area contributed by atoms with E-state index < -0.39 is 0 Å². The lowest BCUT2D eigenvalue weighted by molar-refractivity contribution is 0.0719. The van der Waals surface area contributed by atoms with Crippen LogP contribution in [0, 0.1) is 11.3 Å². The van der Waals surface area contributed by atoms with Crippen molar-refractivity contribution in [3.63, 3.8) is 0 Å². The number of aromatic nitrogens is 1. The lowest BCUT2D eigenvalue weighted by atomic mass is 10.2. The van der Waals surface area contributed by atoms with E-state index in [4.69, 9.17) is 10.00 Å². The Kier molecular flexibility index (Phi) is 3.90. The molecule has 0 aliphatic heterocycles. The molecule has 1 heterocycles. The Morgan fingerprint density at radius 3 is 3.00 bits per heavy atom. The number of pyridine rings is 1. The zero-order valence-electron chi connectivity index (χ0n) is 10.2. The second kappa shape index (κ2) is 5.61. The topological polar surface area (TPSA) is 75.0 Å². The number of carbonyl (C=O) groups excluding carboxylic acids is 1. The Labute approximate surface area is 106 Å². The van der Waals surface area contributed by atoms with Crippen LogP contribution >= 0.6 is 0 Å². The molecule has 0 aromatic carbocycles. The van der Waals surface area contributed by atoms with Crippen molar-refractivity contribution in [2.75, 3.05) is 7.11 Å². The fraction of sp³-hybridized carbons (Fsp3) is 0.462. The molecule has 2 unspecified atom stereocenters. The Bertz CT molecular complexity index is 464. The third-order valence-electron chi connectivity index (χ3n) is 3.20. The molecule has 1 fully saturated rings. The third-order valence-corrected chi connectivity index (χ3v) is 3.20. The smallest absolute Gasteiger partial charge is 0.270 e. The van der Waals surface area contributed by atoms with Crippen molar-refractivity contribution in [1.29, 1.82) is 5.26 Å². The van der Waals surface area contributed by atoms with Crippen LogP contribution in [0.15, 0.2) is 18.3 Å².